The second-order valence-corrected chi connectivity index (χ2v) is 10.8. The monoisotopic (exact) mass is 435 g/mol. The van der Waals surface area contributed by atoms with Crippen molar-refractivity contribution in [3.8, 4) is 11.3 Å². The Morgan fingerprint density at radius 3 is 2.52 bits per heavy atom. The Balaban J connectivity index is 1.73. The number of hydrogen-bond acceptors (Lipinski definition) is 1. The number of imidazole rings is 2. The predicted molar refractivity (Wildman–Crippen MR) is 134 cm³/mol. The lowest BCUT2D eigenvalue weighted by molar-refractivity contribution is -0.661. The Bertz CT molecular complexity index is 1620. The Labute approximate surface area is 194 Å². The van der Waals surface area contributed by atoms with Gasteiger partial charge in [-0.25, -0.2) is 9.55 Å². The average Bonchev–Trinajstić information content (AvgIpc) is 3.48. The van der Waals surface area contributed by atoms with Crippen molar-refractivity contribution in [2.45, 2.75) is 64.8 Å². The number of aryl methyl sites for hydroxylation is 3. The molecule has 0 saturated heterocycles. The van der Waals surface area contributed by atoms with Crippen molar-refractivity contribution in [1.82, 2.24) is 14.0 Å². The van der Waals surface area contributed by atoms with Gasteiger partial charge in [-0.1, -0.05) is 31.0 Å². The van der Waals surface area contributed by atoms with Gasteiger partial charge in [0.1, 0.15) is 7.05 Å². The highest BCUT2D eigenvalue weighted by atomic mass is 15.2. The molecule has 1 saturated carbocycles. The minimum absolute atomic E-state index is 0.206. The lowest BCUT2D eigenvalue weighted by Crippen LogP contribution is -2.42. The van der Waals surface area contributed by atoms with E-state index in [4.69, 9.17) is 4.98 Å². The summed E-state index contributed by atoms with van der Waals surface area (Å²) in [6, 6.07) is 13.1. The zero-order chi connectivity index (χ0) is 22.6. The molecule has 2 aliphatic rings. The van der Waals surface area contributed by atoms with E-state index in [9.17, 15) is 0 Å². The van der Waals surface area contributed by atoms with Gasteiger partial charge in [0.25, 0.3) is 0 Å². The minimum atomic E-state index is -0.206. The van der Waals surface area contributed by atoms with Crippen LogP contribution in [0.25, 0.3) is 39.1 Å². The van der Waals surface area contributed by atoms with Gasteiger partial charge in [0.05, 0.1) is 38.7 Å². The fraction of sp³-hybridized carbons (Fsp3) is 0.379. The molecule has 0 N–H and O–H groups in total. The standard InChI is InChI=1S/C29H31N4/c1-17-14-15-22-26-24(17)27-25(23(18(2)16-31(27)5)19-10-6-7-11-19)29(3,4)33(26)28-30-20-12-8-9-13-21(20)32(22)28/h8-9,12-16,19H,6-7,10-11H2,1-5H3/q+1. The third-order valence-electron chi connectivity index (χ3n) is 8.41. The van der Waals surface area contributed by atoms with Crippen LogP contribution >= 0.6 is 0 Å². The summed E-state index contributed by atoms with van der Waals surface area (Å²) in [5.74, 6) is 1.71. The van der Waals surface area contributed by atoms with Gasteiger partial charge in [0.15, 0.2) is 6.20 Å². The maximum absolute atomic E-state index is 5.19. The van der Waals surface area contributed by atoms with Gasteiger partial charge < -0.3 is 0 Å². The molecule has 0 radical (unpaired) electrons. The SMILES string of the molecule is Cc1c[n+](C)c2c(c1C1CCCC1)C(C)(C)n1c3c-2c(C)ccc3n2c3ccccc3nc12. The Kier molecular flexibility index (Phi) is 3.66. The number of para-hydroxylation sites is 2. The molecule has 1 fully saturated rings. The van der Waals surface area contributed by atoms with Crippen LogP contribution in [0.2, 0.25) is 0 Å². The van der Waals surface area contributed by atoms with Crippen LogP contribution in [0.5, 0.6) is 0 Å². The van der Waals surface area contributed by atoms with Crippen molar-refractivity contribution in [2.75, 3.05) is 0 Å². The van der Waals surface area contributed by atoms with Crippen LogP contribution < -0.4 is 4.57 Å². The summed E-state index contributed by atoms with van der Waals surface area (Å²) < 4.78 is 7.32. The second kappa shape index (κ2) is 6.25. The molecule has 1 aliphatic heterocycles. The van der Waals surface area contributed by atoms with E-state index >= 15 is 0 Å². The summed E-state index contributed by atoms with van der Waals surface area (Å²) in [5, 5.41) is 0. The topological polar surface area (TPSA) is 26.1 Å². The fourth-order valence-electron chi connectivity index (χ4n) is 7.12. The first-order valence-electron chi connectivity index (χ1n) is 12.3. The summed E-state index contributed by atoms with van der Waals surface area (Å²) in [6.45, 7) is 9.41. The first-order valence-corrected chi connectivity index (χ1v) is 12.3. The molecular formula is C29H31N4+. The van der Waals surface area contributed by atoms with Gasteiger partial charge >= 0.3 is 0 Å². The predicted octanol–water partition coefficient (Wildman–Crippen LogP) is 6.30. The molecule has 0 unspecified atom stereocenters. The van der Waals surface area contributed by atoms with Crippen molar-refractivity contribution in [3.05, 3.63) is 64.8 Å². The maximum Gasteiger partial charge on any atom is 0.220 e. The number of nitrogens with zero attached hydrogens (tertiary/aromatic N) is 4. The third-order valence-corrected chi connectivity index (χ3v) is 8.41. The zero-order valence-corrected chi connectivity index (χ0v) is 20.2. The molecule has 5 aromatic rings. The van der Waals surface area contributed by atoms with E-state index < -0.39 is 0 Å². The molecule has 3 aromatic heterocycles. The highest BCUT2D eigenvalue weighted by molar-refractivity contribution is 6.01. The zero-order valence-electron chi connectivity index (χ0n) is 20.2. The van der Waals surface area contributed by atoms with E-state index in [-0.39, 0.29) is 5.54 Å². The van der Waals surface area contributed by atoms with Crippen LogP contribution in [-0.2, 0) is 12.6 Å². The molecule has 4 heteroatoms. The minimum Gasteiger partial charge on any atom is -0.299 e. The van der Waals surface area contributed by atoms with E-state index in [1.54, 1.807) is 5.56 Å². The molecule has 0 spiro atoms. The smallest absolute Gasteiger partial charge is 0.220 e. The van der Waals surface area contributed by atoms with Gasteiger partial charge in [-0.2, -0.15) is 0 Å². The Morgan fingerprint density at radius 1 is 0.970 bits per heavy atom. The van der Waals surface area contributed by atoms with Crippen LogP contribution in [0.15, 0.2) is 42.6 Å². The van der Waals surface area contributed by atoms with E-state index in [0.717, 1.165) is 11.3 Å². The molecule has 1 aliphatic carbocycles. The number of aromatic nitrogens is 4. The number of benzene rings is 2. The van der Waals surface area contributed by atoms with Crippen LogP contribution in [-0.4, -0.2) is 14.0 Å². The summed E-state index contributed by atoms with van der Waals surface area (Å²) in [6.07, 6.45) is 7.68. The van der Waals surface area contributed by atoms with Crippen molar-refractivity contribution >= 4 is 27.8 Å². The van der Waals surface area contributed by atoms with Gasteiger partial charge in [-0.3, -0.25) is 8.97 Å². The Morgan fingerprint density at radius 2 is 1.73 bits per heavy atom. The summed E-state index contributed by atoms with van der Waals surface area (Å²) in [5.41, 5.74) is 13.2. The molecule has 0 atom stereocenters. The lowest BCUT2D eigenvalue weighted by atomic mass is 9.76. The van der Waals surface area contributed by atoms with Crippen LogP contribution in [0, 0.1) is 13.8 Å². The van der Waals surface area contributed by atoms with Crippen molar-refractivity contribution in [1.29, 1.82) is 0 Å². The first kappa shape index (κ1) is 19.3. The van der Waals surface area contributed by atoms with Gasteiger partial charge in [0, 0.05) is 5.56 Å². The number of pyridine rings is 1. The number of fused-ring (bicyclic) bond motifs is 7. The fourth-order valence-corrected chi connectivity index (χ4v) is 7.12. The largest absolute Gasteiger partial charge is 0.299 e. The highest BCUT2D eigenvalue weighted by Crippen LogP contribution is 2.51. The van der Waals surface area contributed by atoms with Crippen LogP contribution in [0.3, 0.4) is 0 Å². The average molecular weight is 436 g/mol. The van der Waals surface area contributed by atoms with Crippen LogP contribution in [0.1, 0.15) is 67.7 Å². The summed E-state index contributed by atoms with van der Waals surface area (Å²) in [4.78, 5) is 5.19. The molecule has 0 bridgehead atoms. The van der Waals surface area contributed by atoms with Crippen molar-refractivity contribution < 1.29 is 4.57 Å². The molecule has 4 heterocycles. The third kappa shape index (κ3) is 2.27. The molecule has 166 valence electrons. The lowest BCUT2D eigenvalue weighted by Gasteiger charge is -2.36. The van der Waals surface area contributed by atoms with Crippen molar-refractivity contribution in [3.63, 3.8) is 0 Å². The van der Waals surface area contributed by atoms with E-state index in [1.165, 1.54) is 70.2 Å². The molecule has 0 amide bonds. The summed E-state index contributed by atoms with van der Waals surface area (Å²) >= 11 is 0. The maximum atomic E-state index is 5.19. The number of hydrogen-bond donors (Lipinski definition) is 0. The molecule has 7 rings (SSSR count). The Hall–Kier alpha value is -3.14. The van der Waals surface area contributed by atoms with E-state index in [2.05, 4.69) is 90.9 Å². The van der Waals surface area contributed by atoms with Gasteiger partial charge in [-0.15, -0.1) is 0 Å². The van der Waals surface area contributed by atoms with E-state index in [0.29, 0.717) is 5.92 Å². The normalized spacial score (nSPS) is 17.5. The summed E-state index contributed by atoms with van der Waals surface area (Å²) in [7, 11) is 2.23. The first-order chi connectivity index (χ1) is 15.9. The number of rotatable bonds is 1. The van der Waals surface area contributed by atoms with Gasteiger partial charge in [0.2, 0.25) is 11.5 Å². The molecule has 2 aromatic carbocycles. The molecular weight excluding hydrogens is 404 g/mol. The highest BCUT2D eigenvalue weighted by Gasteiger charge is 2.45. The van der Waals surface area contributed by atoms with E-state index in [1.807, 2.05) is 0 Å². The molecule has 33 heavy (non-hydrogen) atoms. The van der Waals surface area contributed by atoms with Crippen molar-refractivity contribution in [2.24, 2.45) is 7.05 Å². The van der Waals surface area contributed by atoms with Crippen LogP contribution in [0.4, 0.5) is 0 Å². The molecule has 4 nitrogen and oxygen atoms in total. The quantitative estimate of drug-likeness (QED) is 0.284. The van der Waals surface area contributed by atoms with Gasteiger partial charge in [-0.05, 0) is 75.8 Å². The second-order valence-electron chi connectivity index (χ2n) is 10.8.